The van der Waals surface area contributed by atoms with Gasteiger partial charge in [-0.15, -0.1) is 0 Å². The van der Waals surface area contributed by atoms with Gasteiger partial charge in [0.15, 0.2) is 0 Å². The molecule has 0 saturated carbocycles. The highest BCUT2D eigenvalue weighted by molar-refractivity contribution is 5.95. The molecule has 4 nitrogen and oxygen atoms in total. The molecule has 7 heteroatoms. The summed E-state index contributed by atoms with van der Waals surface area (Å²) >= 11 is 0. The maximum Gasteiger partial charge on any atom is 0.416 e. The number of alkyl halides is 3. The van der Waals surface area contributed by atoms with Crippen LogP contribution in [0.5, 0.6) is 0 Å². The molecule has 0 radical (unpaired) electrons. The molecule has 2 N–H and O–H groups in total. The van der Waals surface area contributed by atoms with E-state index in [0.717, 1.165) is 12.1 Å². The van der Waals surface area contributed by atoms with E-state index in [1.165, 1.54) is 31.5 Å². The summed E-state index contributed by atoms with van der Waals surface area (Å²) in [5.74, 6) is -0.744. The monoisotopic (exact) mass is 296 g/mol. The first-order valence-electron chi connectivity index (χ1n) is 5.84. The van der Waals surface area contributed by atoms with Crippen LogP contribution in [0.1, 0.15) is 15.9 Å². The molecule has 0 unspecified atom stereocenters. The van der Waals surface area contributed by atoms with Crippen molar-refractivity contribution in [3.63, 3.8) is 0 Å². The maximum atomic E-state index is 12.7. The molecule has 1 aromatic heterocycles. The number of nitrogens with two attached hydrogens (primary N) is 1. The van der Waals surface area contributed by atoms with Crippen molar-refractivity contribution < 1.29 is 22.7 Å². The number of anilines is 1. The molecule has 0 spiro atoms. The van der Waals surface area contributed by atoms with Crippen molar-refractivity contribution in [1.82, 2.24) is 4.98 Å². The van der Waals surface area contributed by atoms with Gasteiger partial charge in [-0.2, -0.15) is 13.2 Å². The minimum Gasteiger partial charge on any atom is -0.465 e. The summed E-state index contributed by atoms with van der Waals surface area (Å²) < 4.78 is 42.6. The van der Waals surface area contributed by atoms with Crippen LogP contribution in [0.4, 0.5) is 19.0 Å². The van der Waals surface area contributed by atoms with E-state index in [0.29, 0.717) is 5.56 Å². The van der Waals surface area contributed by atoms with Crippen molar-refractivity contribution >= 4 is 11.8 Å². The number of pyridine rings is 1. The number of hydrogen-bond acceptors (Lipinski definition) is 4. The second-order valence-corrected chi connectivity index (χ2v) is 4.23. The van der Waals surface area contributed by atoms with E-state index in [1.807, 2.05) is 0 Å². The molecule has 0 aliphatic heterocycles. The summed E-state index contributed by atoms with van der Waals surface area (Å²) in [6, 6.07) is 6.07. The highest BCUT2D eigenvalue weighted by Gasteiger charge is 2.30. The number of nitrogen functional groups attached to an aromatic ring is 1. The predicted octanol–water partition coefficient (Wildman–Crippen LogP) is 3.14. The van der Waals surface area contributed by atoms with E-state index in [-0.39, 0.29) is 16.9 Å². The quantitative estimate of drug-likeness (QED) is 0.865. The van der Waals surface area contributed by atoms with E-state index in [9.17, 15) is 18.0 Å². The summed E-state index contributed by atoms with van der Waals surface area (Å²) in [4.78, 5) is 15.3. The van der Waals surface area contributed by atoms with Gasteiger partial charge in [0.1, 0.15) is 11.4 Å². The summed E-state index contributed by atoms with van der Waals surface area (Å²) in [7, 11) is 1.18. The van der Waals surface area contributed by atoms with Gasteiger partial charge in [-0.3, -0.25) is 0 Å². The molecule has 0 saturated heterocycles. The molecular weight excluding hydrogens is 285 g/mol. The summed E-state index contributed by atoms with van der Waals surface area (Å²) in [6.45, 7) is 0. The first-order chi connectivity index (χ1) is 9.82. The van der Waals surface area contributed by atoms with Crippen molar-refractivity contribution in [3.8, 4) is 11.1 Å². The minimum absolute atomic E-state index is 0.00686. The van der Waals surface area contributed by atoms with Gasteiger partial charge in [0, 0.05) is 11.8 Å². The largest absolute Gasteiger partial charge is 0.465 e. The Bertz CT molecular complexity index is 684. The Balaban J connectivity index is 2.50. The van der Waals surface area contributed by atoms with Crippen LogP contribution < -0.4 is 5.73 Å². The number of rotatable bonds is 2. The second-order valence-electron chi connectivity index (χ2n) is 4.23. The van der Waals surface area contributed by atoms with Crippen molar-refractivity contribution in [2.45, 2.75) is 6.18 Å². The SMILES string of the molecule is COC(=O)c1cc(-c2cccc(C(F)(F)F)c2)cnc1N. The van der Waals surface area contributed by atoms with E-state index < -0.39 is 17.7 Å². The van der Waals surface area contributed by atoms with Gasteiger partial charge >= 0.3 is 12.1 Å². The average Bonchev–Trinajstić information content (AvgIpc) is 2.46. The Kier molecular flexibility index (Phi) is 3.84. The Morgan fingerprint density at radius 1 is 1.24 bits per heavy atom. The third-order valence-electron chi connectivity index (χ3n) is 2.85. The normalized spacial score (nSPS) is 11.2. The topological polar surface area (TPSA) is 65.2 Å². The Hall–Kier alpha value is -2.57. The van der Waals surface area contributed by atoms with Crippen LogP contribution in [-0.2, 0) is 10.9 Å². The molecule has 110 valence electrons. The fourth-order valence-electron chi connectivity index (χ4n) is 1.78. The molecule has 1 aromatic carbocycles. The lowest BCUT2D eigenvalue weighted by Crippen LogP contribution is -2.08. The molecule has 0 aliphatic carbocycles. The number of hydrogen-bond donors (Lipinski definition) is 1. The van der Waals surface area contributed by atoms with Crippen LogP contribution in [0.25, 0.3) is 11.1 Å². The lowest BCUT2D eigenvalue weighted by molar-refractivity contribution is -0.137. The van der Waals surface area contributed by atoms with Crippen LogP contribution >= 0.6 is 0 Å². The van der Waals surface area contributed by atoms with Crippen LogP contribution in [-0.4, -0.2) is 18.1 Å². The number of carbonyl (C=O) groups excluding carboxylic acids is 1. The van der Waals surface area contributed by atoms with E-state index in [4.69, 9.17) is 5.73 Å². The van der Waals surface area contributed by atoms with E-state index in [2.05, 4.69) is 9.72 Å². The molecule has 0 aliphatic rings. The average molecular weight is 296 g/mol. The molecule has 0 fully saturated rings. The van der Waals surface area contributed by atoms with E-state index in [1.54, 1.807) is 0 Å². The highest BCUT2D eigenvalue weighted by Crippen LogP contribution is 2.32. The number of nitrogens with zero attached hydrogens (tertiary/aromatic N) is 1. The molecule has 1 heterocycles. The van der Waals surface area contributed by atoms with Crippen molar-refractivity contribution in [3.05, 3.63) is 47.7 Å². The molecule has 2 aromatic rings. The number of methoxy groups -OCH3 is 1. The second kappa shape index (κ2) is 5.43. The van der Waals surface area contributed by atoms with Gasteiger partial charge in [-0.1, -0.05) is 12.1 Å². The van der Waals surface area contributed by atoms with E-state index >= 15 is 0 Å². The molecule has 2 rings (SSSR count). The van der Waals surface area contributed by atoms with Gasteiger partial charge in [-0.05, 0) is 23.8 Å². The zero-order valence-corrected chi connectivity index (χ0v) is 10.9. The summed E-state index contributed by atoms with van der Waals surface area (Å²) in [5.41, 5.74) is 5.40. The van der Waals surface area contributed by atoms with Gasteiger partial charge in [-0.25, -0.2) is 9.78 Å². The number of ether oxygens (including phenoxy) is 1. The number of aromatic nitrogens is 1. The number of halogens is 3. The third kappa shape index (κ3) is 3.13. The molecule has 21 heavy (non-hydrogen) atoms. The van der Waals surface area contributed by atoms with Crippen molar-refractivity contribution in [1.29, 1.82) is 0 Å². The predicted molar refractivity (Wildman–Crippen MR) is 70.4 cm³/mol. The summed E-state index contributed by atoms with van der Waals surface area (Å²) in [5, 5.41) is 0. The Morgan fingerprint density at radius 3 is 2.57 bits per heavy atom. The van der Waals surface area contributed by atoms with Crippen molar-refractivity contribution in [2.75, 3.05) is 12.8 Å². The first-order valence-corrected chi connectivity index (χ1v) is 5.84. The van der Waals surface area contributed by atoms with Crippen molar-refractivity contribution in [2.24, 2.45) is 0 Å². The fraction of sp³-hybridized carbons (Fsp3) is 0.143. The van der Waals surface area contributed by atoms with Crippen LogP contribution in [0, 0.1) is 0 Å². The molecule has 0 amide bonds. The van der Waals surface area contributed by atoms with Crippen LogP contribution in [0.3, 0.4) is 0 Å². The smallest absolute Gasteiger partial charge is 0.416 e. The molecule has 0 bridgehead atoms. The van der Waals surface area contributed by atoms with Gasteiger partial charge in [0.2, 0.25) is 0 Å². The molecular formula is C14H11F3N2O2. The van der Waals surface area contributed by atoms with Gasteiger partial charge in [0.25, 0.3) is 0 Å². The standard InChI is InChI=1S/C14H11F3N2O2/c1-21-13(20)11-6-9(7-19-12(11)18)8-3-2-4-10(5-8)14(15,16)17/h2-7H,1H3,(H2,18,19). The zero-order chi connectivity index (χ0) is 15.6. The number of carbonyl (C=O) groups is 1. The first kappa shape index (κ1) is 14.8. The Morgan fingerprint density at radius 2 is 1.95 bits per heavy atom. The highest BCUT2D eigenvalue weighted by atomic mass is 19.4. The van der Waals surface area contributed by atoms with Gasteiger partial charge in [0.05, 0.1) is 12.7 Å². The maximum absolute atomic E-state index is 12.7. The minimum atomic E-state index is -4.44. The fourth-order valence-corrected chi connectivity index (χ4v) is 1.78. The van der Waals surface area contributed by atoms with Crippen LogP contribution in [0.2, 0.25) is 0 Å². The third-order valence-corrected chi connectivity index (χ3v) is 2.85. The van der Waals surface area contributed by atoms with Crippen LogP contribution in [0.15, 0.2) is 36.5 Å². The molecule has 0 atom stereocenters. The summed E-state index contributed by atoms with van der Waals surface area (Å²) in [6.07, 6.45) is -3.14. The number of benzene rings is 1. The van der Waals surface area contributed by atoms with Gasteiger partial charge < -0.3 is 10.5 Å². The Labute approximate surface area is 118 Å². The lowest BCUT2D eigenvalue weighted by atomic mass is 10.0. The number of esters is 1. The lowest BCUT2D eigenvalue weighted by Gasteiger charge is -2.10. The zero-order valence-electron chi connectivity index (χ0n) is 10.9.